The molecule has 0 saturated carbocycles. The summed E-state index contributed by atoms with van der Waals surface area (Å²) in [5, 5.41) is 8.95. The monoisotopic (exact) mass is 407 g/mol. The Labute approximate surface area is 177 Å². The molecule has 2 heterocycles. The molecule has 3 aromatic rings. The van der Waals surface area contributed by atoms with Crippen molar-refractivity contribution in [3.8, 4) is 5.69 Å². The summed E-state index contributed by atoms with van der Waals surface area (Å²) in [4.78, 5) is 28.8. The van der Waals surface area contributed by atoms with Crippen molar-refractivity contribution < 1.29 is 14.7 Å². The summed E-state index contributed by atoms with van der Waals surface area (Å²) in [5.41, 5.74) is 4.15. The fourth-order valence-electron chi connectivity index (χ4n) is 3.71. The number of imidazole rings is 1. The van der Waals surface area contributed by atoms with Crippen LogP contribution in [0.2, 0.25) is 0 Å². The highest BCUT2D eigenvalue weighted by molar-refractivity contribution is 5.86. The first-order chi connectivity index (χ1) is 14.5. The zero-order chi connectivity index (χ0) is 21.5. The minimum absolute atomic E-state index is 0.00960. The maximum Gasteiger partial charge on any atom is 0.303 e. The predicted molar refractivity (Wildman–Crippen MR) is 118 cm³/mol. The van der Waals surface area contributed by atoms with Gasteiger partial charge in [0.1, 0.15) is 12.1 Å². The van der Waals surface area contributed by atoms with Crippen LogP contribution in [0.5, 0.6) is 0 Å². The van der Waals surface area contributed by atoms with Gasteiger partial charge < -0.3 is 10.0 Å². The molecule has 1 aliphatic heterocycles. The second kappa shape index (κ2) is 10.2. The lowest BCUT2D eigenvalue weighted by molar-refractivity contribution is -0.137. The van der Waals surface area contributed by atoms with Gasteiger partial charge in [-0.05, 0) is 75.8 Å². The van der Waals surface area contributed by atoms with Crippen LogP contribution in [-0.2, 0) is 11.2 Å². The third-order valence-electron chi connectivity index (χ3n) is 5.29. The smallest absolute Gasteiger partial charge is 0.303 e. The number of carbonyl (C=O) groups excluding carboxylic acids is 1. The number of piperidine rings is 1. The molecule has 1 aliphatic rings. The molecule has 1 N–H and O–H groups in total. The Bertz CT molecular complexity index is 1020. The molecule has 4 rings (SSSR count). The Kier molecular flexibility index (Phi) is 7.36. The van der Waals surface area contributed by atoms with Crippen LogP contribution in [0.4, 0.5) is 0 Å². The van der Waals surface area contributed by atoms with E-state index in [0.29, 0.717) is 23.3 Å². The fourth-order valence-corrected chi connectivity index (χ4v) is 3.71. The summed E-state index contributed by atoms with van der Waals surface area (Å²) in [6, 6.07) is 13.3. The number of benzene rings is 2. The van der Waals surface area contributed by atoms with Crippen molar-refractivity contribution in [3.05, 3.63) is 59.4 Å². The lowest BCUT2D eigenvalue weighted by atomic mass is 10.1. The summed E-state index contributed by atoms with van der Waals surface area (Å²) < 4.78 is 1.96. The number of hydrogen-bond donors (Lipinski definition) is 1. The van der Waals surface area contributed by atoms with Crippen LogP contribution in [0, 0.1) is 6.92 Å². The van der Waals surface area contributed by atoms with Gasteiger partial charge in [-0.3, -0.25) is 14.2 Å². The molecule has 0 bridgehead atoms. The van der Waals surface area contributed by atoms with E-state index in [1.54, 1.807) is 12.1 Å². The second-order valence-corrected chi connectivity index (χ2v) is 7.83. The molecule has 6 heteroatoms. The molecule has 0 spiro atoms. The molecule has 6 nitrogen and oxygen atoms in total. The highest BCUT2D eigenvalue weighted by Gasteiger charge is 2.14. The predicted octanol–water partition coefficient (Wildman–Crippen LogP) is 4.27. The van der Waals surface area contributed by atoms with E-state index in [2.05, 4.69) is 16.9 Å². The topological polar surface area (TPSA) is 75.4 Å². The summed E-state index contributed by atoms with van der Waals surface area (Å²) in [5.74, 6) is -0.183. The van der Waals surface area contributed by atoms with E-state index in [9.17, 15) is 9.59 Å². The van der Waals surface area contributed by atoms with Crippen molar-refractivity contribution in [2.75, 3.05) is 20.1 Å². The number of aromatic nitrogens is 2. The summed E-state index contributed by atoms with van der Waals surface area (Å²) in [6.45, 7) is 4.64. The summed E-state index contributed by atoms with van der Waals surface area (Å²) in [7, 11) is 2.19. The number of aldehydes is 1. The Balaban J connectivity index is 0.000000310. The van der Waals surface area contributed by atoms with Crippen LogP contribution in [0.25, 0.3) is 16.7 Å². The number of likely N-dealkylation sites (tertiary alicyclic amines) is 1. The molecule has 0 atom stereocenters. The highest BCUT2D eigenvalue weighted by atomic mass is 16.4. The molecule has 30 heavy (non-hydrogen) atoms. The molecule has 0 aliphatic carbocycles. The average Bonchev–Trinajstić information content (AvgIpc) is 3.10. The minimum Gasteiger partial charge on any atom is -0.481 e. The number of carbonyl (C=O) groups is 2. The Morgan fingerprint density at radius 3 is 2.50 bits per heavy atom. The number of aliphatic carboxylic acids is 1. The SMILES string of the molecule is CN1CCCCC1.Cc1cccc(-n2c(CCC(=O)O)nc3cc(C=O)ccc32)c1. The quantitative estimate of drug-likeness (QED) is 0.640. The van der Waals surface area contributed by atoms with Gasteiger partial charge in [0.25, 0.3) is 0 Å². The van der Waals surface area contributed by atoms with Gasteiger partial charge in [0.15, 0.2) is 0 Å². The molecule has 158 valence electrons. The van der Waals surface area contributed by atoms with E-state index >= 15 is 0 Å². The molecule has 1 fully saturated rings. The number of rotatable bonds is 5. The highest BCUT2D eigenvalue weighted by Crippen LogP contribution is 2.24. The molecule has 1 saturated heterocycles. The van der Waals surface area contributed by atoms with Gasteiger partial charge in [0.2, 0.25) is 0 Å². The average molecular weight is 408 g/mol. The minimum atomic E-state index is -0.860. The number of aryl methyl sites for hydroxylation is 2. The first-order valence-corrected chi connectivity index (χ1v) is 10.4. The Hall–Kier alpha value is -2.99. The maximum atomic E-state index is 11.0. The standard InChI is InChI=1S/C18H16N2O3.C6H13N/c1-12-3-2-4-14(9-12)20-16-6-5-13(11-21)10-15(16)19-17(20)7-8-18(22)23;1-7-5-3-2-4-6-7/h2-6,9-11H,7-8H2,1H3,(H,22,23);2-6H2,1H3. The maximum absolute atomic E-state index is 11.0. The van der Waals surface area contributed by atoms with Crippen LogP contribution in [0.1, 0.15) is 47.4 Å². The van der Waals surface area contributed by atoms with E-state index in [1.807, 2.05) is 41.8 Å². The van der Waals surface area contributed by atoms with Crippen molar-refractivity contribution in [3.63, 3.8) is 0 Å². The first kappa shape index (κ1) is 21.7. The zero-order valence-corrected chi connectivity index (χ0v) is 17.7. The normalized spacial score (nSPS) is 14.2. The third kappa shape index (κ3) is 5.54. The van der Waals surface area contributed by atoms with Gasteiger partial charge in [-0.25, -0.2) is 4.98 Å². The second-order valence-electron chi connectivity index (χ2n) is 7.83. The zero-order valence-electron chi connectivity index (χ0n) is 17.7. The molecule has 0 amide bonds. The number of carboxylic acid groups (broad SMARTS) is 1. The van der Waals surface area contributed by atoms with Crippen LogP contribution >= 0.6 is 0 Å². The van der Waals surface area contributed by atoms with Crippen LogP contribution in [0.3, 0.4) is 0 Å². The van der Waals surface area contributed by atoms with E-state index in [0.717, 1.165) is 23.1 Å². The van der Waals surface area contributed by atoms with Gasteiger partial charge in [-0.1, -0.05) is 18.6 Å². The molecule has 1 aromatic heterocycles. The lowest BCUT2D eigenvalue weighted by Crippen LogP contribution is -2.24. The molecule has 0 radical (unpaired) electrons. The van der Waals surface area contributed by atoms with E-state index in [1.165, 1.54) is 32.4 Å². The number of fused-ring (bicyclic) bond motifs is 1. The lowest BCUT2D eigenvalue weighted by Gasteiger charge is -2.20. The third-order valence-corrected chi connectivity index (χ3v) is 5.29. The number of carboxylic acids is 1. The number of hydrogen-bond acceptors (Lipinski definition) is 4. The largest absolute Gasteiger partial charge is 0.481 e. The molecular weight excluding hydrogens is 378 g/mol. The summed E-state index contributed by atoms with van der Waals surface area (Å²) in [6.07, 6.45) is 5.39. The number of nitrogens with zero attached hydrogens (tertiary/aromatic N) is 3. The van der Waals surface area contributed by atoms with Crippen LogP contribution in [-0.4, -0.2) is 52.0 Å². The molecular formula is C24H29N3O3. The van der Waals surface area contributed by atoms with Gasteiger partial charge >= 0.3 is 5.97 Å². The first-order valence-electron chi connectivity index (χ1n) is 10.4. The molecule has 0 unspecified atom stereocenters. The van der Waals surface area contributed by atoms with Gasteiger partial charge in [0, 0.05) is 17.7 Å². The van der Waals surface area contributed by atoms with Crippen molar-refractivity contribution in [1.82, 2.24) is 14.5 Å². The van der Waals surface area contributed by atoms with Crippen molar-refractivity contribution in [2.24, 2.45) is 0 Å². The van der Waals surface area contributed by atoms with E-state index in [4.69, 9.17) is 5.11 Å². The van der Waals surface area contributed by atoms with Crippen molar-refractivity contribution >= 4 is 23.3 Å². The fraction of sp³-hybridized carbons (Fsp3) is 0.375. The Morgan fingerprint density at radius 2 is 1.90 bits per heavy atom. The van der Waals surface area contributed by atoms with Crippen molar-refractivity contribution in [1.29, 1.82) is 0 Å². The van der Waals surface area contributed by atoms with Crippen LogP contribution in [0.15, 0.2) is 42.5 Å². The molecule has 2 aromatic carbocycles. The van der Waals surface area contributed by atoms with Crippen LogP contribution < -0.4 is 0 Å². The van der Waals surface area contributed by atoms with E-state index in [-0.39, 0.29) is 6.42 Å². The van der Waals surface area contributed by atoms with Crippen molar-refractivity contribution in [2.45, 2.75) is 39.0 Å². The van der Waals surface area contributed by atoms with Gasteiger partial charge in [0.05, 0.1) is 17.5 Å². The van der Waals surface area contributed by atoms with Gasteiger partial charge in [-0.2, -0.15) is 0 Å². The summed E-state index contributed by atoms with van der Waals surface area (Å²) >= 11 is 0. The van der Waals surface area contributed by atoms with Gasteiger partial charge in [-0.15, -0.1) is 0 Å². The Morgan fingerprint density at radius 1 is 1.13 bits per heavy atom. The van der Waals surface area contributed by atoms with E-state index < -0.39 is 5.97 Å².